The third-order valence-corrected chi connectivity index (χ3v) is 6.17. The van der Waals surface area contributed by atoms with E-state index in [1.807, 2.05) is 41.5 Å². The van der Waals surface area contributed by atoms with Crippen LogP contribution in [0.25, 0.3) is 0 Å². The van der Waals surface area contributed by atoms with Crippen molar-refractivity contribution in [3.63, 3.8) is 0 Å². The molecule has 12 nitrogen and oxygen atoms in total. The quantitative estimate of drug-likeness (QED) is 0.0682. The van der Waals surface area contributed by atoms with Crippen molar-refractivity contribution in [3.8, 4) is 0 Å². The Kier molecular flexibility index (Phi) is 17.9. The van der Waals surface area contributed by atoms with Gasteiger partial charge in [-0.3, -0.25) is 19.2 Å². The second kappa shape index (κ2) is 19.6. The van der Waals surface area contributed by atoms with Crippen molar-refractivity contribution >= 4 is 35.7 Å². The van der Waals surface area contributed by atoms with Gasteiger partial charge in [0.1, 0.15) is 26.1 Å². The van der Waals surface area contributed by atoms with Crippen LogP contribution in [0.4, 0.5) is 0 Å². The Bertz CT molecular complexity index is 955. The number of hydrogen-bond donors (Lipinski definition) is 0. The zero-order valence-corrected chi connectivity index (χ0v) is 27.9. The highest BCUT2D eigenvalue weighted by Crippen LogP contribution is 2.16. The van der Waals surface area contributed by atoms with Crippen LogP contribution in [0, 0.1) is 0 Å². The molecule has 0 bridgehead atoms. The summed E-state index contributed by atoms with van der Waals surface area (Å²) >= 11 is 0. The monoisotopic (exact) mass is 624 g/mol. The van der Waals surface area contributed by atoms with E-state index in [-0.39, 0.29) is 50.7 Å². The molecule has 0 atom stereocenters. The number of amides is 2. The molecular weight excluding hydrogens is 572 g/mol. The summed E-state index contributed by atoms with van der Waals surface area (Å²) in [6.07, 6.45) is 1.71. The summed E-state index contributed by atoms with van der Waals surface area (Å²) in [4.78, 5) is 75.9. The molecule has 0 aliphatic rings. The van der Waals surface area contributed by atoms with Crippen molar-refractivity contribution in [2.24, 2.45) is 0 Å². The second-order valence-corrected chi connectivity index (χ2v) is 12.5. The van der Waals surface area contributed by atoms with Crippen LogP contribution in [0.15, 0.2) is 24.3 Å². The van der Waals surface area contributed by atoms with E-state index < -0.39 is 59.6 Å². The molecule has 0 aliphatic carbocycles. The molecule has 0 heterocycles. The van der Waals surface area contributed by atoms with Gasteiger partial charge in [0, 0.05) is 22.2 Å². The highest BCUT2D eigenvalue weighted by molar-refractivity contribution is 5.95. The number of rotatable bonds is 19. The lowest BCUT2D eigenvalue weighted by molar-refractivity contribution is -0.154. The third kappa shape index (κ3) is 17.4. The first-order valence-electron chi connectivity index (χ1n) is 14.8. The van der Waals surface area contributed by atoms with Crippen molar-refractivity contribution in [2.75, 3.05) is 39.5 Å². The lowest BCUT2D eigenvalue weighted by Crippen LogP contribution is -2.48. The first kappa shape index (κ1) is 40.3. The maximum atomic E-state index is 12.7. The molecule has 0 radical (unpaired) electrons. The van der Waals surface area contributed by atoms with Crippen LogP contribution in [-0.4, -0.2) is 96.1 Å². The molecule has 0 aliphatic heterocycles. The largest absolute Gasteiger partial charge is 0.465 e. The van der Waals surface area contributed by atoms with Crippen molar-refractivity contribution in [1.29, 1.82) is 0 Å². The van der Waals surface area contributed by atoms with Gasteiger partial charge in [0.25, 0.3) is 0 Å². The lowest BCUT2D eigenvalue weighted by atomic mass is 10.1. The van der Waals surface area contributed by atoms with Crippen LogP contribution < -0.4 is 0 Å². The summed E-state index contributed by atoms with van der Waals surface area (Å²) in [6, 6.07) is 0. The fraction of sp³-hybridized carbons (Fsp3) is 0.688. The third-order valence-electron chi connectivity index (χ3n) is 6.17. The fourth-order valence-corrected chi connectivity index (χ4v) is 3.84. The Labute approximate surface area is 262 Å². The highest BCUT2D eigenvalue weighted by atomic mass is 16.5. The normalized spacial score (nSPS) is 11.2. The molecule has 0 saturated carbocycles. The van der Waals surface area contributed by atoms with Crippen molar-refractivity contribution in [2.45, 2.75) is 105 Å². The molecule has 0 N–H and O–H groups in total. The van der Waals surface area contributed by atoms with Gasteiger partial charge in [-0.15, -0.1) is 0 Å². The fourth-order valence-electron chi connectivity index (χ4n) is 3.84. The number of hydrogen-bond acceptors (Lipinski definition) is 10. The predicted octanol–water partition coefficient (Wildman–Crippen LogP) is 3.91. The summed E-state index contributed by atoms with van der Waals surface area (Å²) in [5.41, 5.74) is -0.652. The van der Waals surface area contributed by atoms with Gasteiger partial charge in [-0.1, -0.05) is 13.2 Å². The molecule has 0 aromatic heterocycles. The summed E-state index contributed by atoms with van der Waals surface area (Å²) in [6.45, 7) is 21.5. The van der Waals surface area contributed by atoms with Gasteiger partial charge in [-0.25, -0.2) is 9.59 Å². The van der Waals surface area contributed by atoms with Crippen LogP contribution in [0.3, 0.4) is 0 Å². The van der Waals surface area contributed by atoms with Gasteiger partial charge < -0.3 is 28.7 Å². The Morgan fingerprint density at radius 2 is 0.841 bits per heavy atom. The van der Waals surface area contributed by atoms with E-state index in [0.717, 1.165) is 0 Å². The van der Waals surface area contributed by atoms with Crippen molar-refractivity contribution < 1.29 is 47.7 Å². The molecule has 0 unspecified atom stereocenters. The number of carbonyl (C=O) groups excluding carboxylic acids is 6. The van der Waals surface area contributed by atoms with Gasteiger partial charge in [0.2, 0.25) is 11.8 Å². The van der Waals surface area contributed by atoms with Crippen LogP contribution in [-0.2, 0) is 47.7 Å². The van der Waals surface area contributed by atoms with E-state index in [9.17, 15) is 28.8 Å². The van der Waals surface area contributed by atoms with Crippen molar-refractivity contribution in [1.82, 2.24) is 9.80 Å². The molecule has 44 heavy (non-hydrogen) atoms. The van der Waals surface area contributed by atoms with Crippen LogP contribution in [0.2, 0.25) is 0 Å². The lowest BCUT2D eigenvalue weighted by Gasteiger charge is -2.35. The van der Waals surface area contributed by atoms with E-state index in [0.29, 0.717) is 25.7 Å². The number of nitrogens with zero attached hydrogens (tertiary/aromatic N) is 2. The maximum absolute atomic E-state index is 12.7. The topological polar surface area (TPSA) is 146 Å². The molecule has 0 rings (SSSR count). The predicted molar refractivity (Wildman–Crippen MR) is 164 cm³/mol. The summed E-state index contributed by atoms with van der Waals surface area (Å²) in [5.74, 6) is -3.21. The molecule has 2 amide bonds. The molecule has 250 valence electrons. The second-order valence-electron chi connectivity index (χ2n) is 12.5. The number of esters is 4. The summed E-state index contributed by atoms with van der Waals surface area (Å²) in [5, 5.41) is 0. The zero-order chi connectivity index (χ0) is 34.1. The SMILES string of the molecule is C=C(C)C(=O)OCCN(C(=O)CC(=O)OCCCCCCOC(=O)CC(=O)N(CCOC(=O)C(=C)C)C(C)(C)C)C(C)(C)C. The van der Waals surface area contributed by atoms with E-state index >= 15 is 0 Å². The van der Waals surface area contributed by atoms with Gasteiger partial charge in [-0.2, -0.15) is 0 Å². The van der Waals surface area contributed by atoms with Gasteiger partial charge in [0.15, 0.2) is 0 Å². The number of unbranched alkanes of at least 4 members (excludes halogenated alkanes) is 3. The van der Waals surface area contributed by atoms with Gasteiger partial charge in [-0.05, 0) is 81.1 Å². The minimum atomic E-state index is -0.639. The van der Waals surface area contributed by atoms with Crippen molar-refractivity contribution in [3.05, 3.63) is 24.3 Å². The standard InChI is InChI=1S/C32H52N2O10/c1-23(2)29(39)43-19-15-33(31(5,6)7)25(35)21-27(37)41-17-13-11-12-14-18-42-28(38)22-26(36)34(32(8,9)10)16-20-44-30(40)24(3)4/h1,3,11-22H2,2,4-10H3. The van der Waals surface area contributed by atoms with Crippen LogP contribution in [0.5, 0.6) is 0 Å². The average molecular weight is 625 g/mol. The Balaban J connectivity index is 4.33. The van der Waals surface area contributed by atoms with Crippen LogP contribution >= 0.6 is 0 Å². The van der Waals surface area contributed by atoms with Gasteiger partial charge in [0.05, 0.1) is 26.3 Å². The minimum Gasteiger partial charge on any atom is -0.465 e. The van der Waals surface area contributed by atoms with E-state index in [4.69, 9.17) is 18.9 Å². The zero-order valence-electron chi connectivity index (χ0n) is 27.9. The Morgan fingerprint density at radius 1 is 0.523 bits per heavy atom. The van der Waals surface area contributed by atoms with Crippen LogP contribution in [0.1, 0.15) is 93.9 Å². The molecule has 0 spiro atoms. The number of carbonyl (C=O) groups is 6. The molecular formula is C32H52N2O10. The first-order chi connectivity index (χ1) is 20.3. The van der Waals surface area contributed by atoms with E-state index in [1.165, 1.54) is 23.6 Å². The minimum absolute atomic E-state index is 0.0144. The van der Waals surface area contributed by atoms with E-state index in [1.54, 1.807) is 0 Å². The Morgan fingerprint density at radius 3 is 1.11 bits per heavy atom. The number of ether oxygens (including phenoxy) is 4. The average Bonchev–Trinajstić information content (AvgIpc) is 2.88. The molecule has 12 heteroatoms. The molecule has 0 aromatic rings. The highest BCUT2D eigenvalue weighted by Gasteiger charge is 2.29. The first-order valence-corrected chi connectivity index (χ1v) is 14.8. The maximum Gasteiger partial charge on any atom is 0.333 e. The summed E-state index contributed by atoms with van der Waals surface area (Å²) < 4.78 is 20.5. The molecule has 0 aromatic carbocycles. The van der Waals surface area contributed by atoms with E-state index in [2.05, 4.69) is 13.2 Å². The molecule has 0 saturated heterocycles. The molecule has 0 fully saturated rings. The van der Waals surface area contributed by atoms with Gasteiger partial charge >= 0.3 is 23.9 Å². The Hall–Kier alpha value is -3.70. The smallest absolute Gasteiger partial charge is 0.333 e. The summed E-state index contributed by atoms with van der Waals surface area (Å²) in [7, 11) is 0.